The predicted octanol–water partition coefficient (Wildman–Crippen LogP) is 4.62. The molecule has 1 aliphatic carbocycles. The van der Waals surface area contributed by atoms with Gasteiger partial charge in [-0.3, -0.25) is 4.79 Å². The molecule has 1 fully saturated rings. The molecule has 0 bridgehead atoms. The average molecular weight is 340 g/mol. The Kier molecular flexibility index (Phi) is 5.57. The molecular formula is C21H28N2O2. The number of benzene rings is 1. The van der Waals surface area contributed by atoms with Crippen LogP contribution in [0.2, 0.25) is 0 Å². The second kappa shape index (κ2) is 7.85. The van der Waals surface area contributed by atoms with Crippen LogP contribution in [0.3, 0.4) is 0 Å². The van der Waals surface area contributed by atoms with E-state index in [2.05, 4.69) is 31.0 Å². The van der Waals surface area contributed by atoms with Crippen molar-refractivity contribution in [1.29, 1.82) is 0 Å². The molecule has 4 heteroatoms. The van der Waals surface area contributed by atoms with Crippen molar-refractivity contribution in [2.45, 2.75) is 58.4 Å². The Bertz CT molecular complexity index is 705. The van der Waals surface area contributed by atoms with Crippen LogP contribution in [-0.4, -0.2) is 28.9 Å². The zero-order valence-electron chi connectivity index (χ0n) is 15.5. The van der Waals surface area contributed by atoms with E-state index in [0.29, 0.717) is 30.7 Å². The molecule has 1 saturated carbocycles. The second-order valence-corrected chi connectivity index (χ2v) is 7.32. The van der Waals surface area contributed by atoms with Crippen LogP contribution in [0.25, 0.3) is 11.3 Å². The molecule has 134 valence electrons. The van der Waals surface area contributed by atoms with Crippen LogP contribution in [-0.2, 0) is 11.2 Å². The lowest BCUT2D eigenvalue weighted by Gasteiger charge is -2.36. The Morgan fingerprint density at radius 1 is 1.24 bits per heavy atom. The lowest BCUT2D eigenvalue weighted by atomic mass is 9.85. The minimum atomic E-state index is 0.189. The van der Waals surface area contributed by atoms with Crippen LogP contribution in [0.15, 0.2) is 34.9 Å². The van der Waals surface area contributed by atoms with E-state index in [4.69, 9.17) is 4.42 Å². The van der Waals surface area contributed by atoms with E-state index in [1.54, 1.807) is 6.20 Å². The third-order valence-corrected chi connectivity index (χ3v) is 5.40. The van der Waals surface area contributed by atoms with E-state index < -0.39 is 0 Å². The minimum absolute atomic E-state index is 0.189. The molecule has 3 rings (SSSR count). The molecule has 4 nitrogen and oxygen atoms in total. The van der Waals surface area contributed by atoms with E-state index in [1.165, 1.54) is 24.8 Å². The van der Waals surface area contributed by atoms with Crippen LogP contribution in [0, 0.1) is 12.8 Å². The summed E-state index contributed by atoms with van der Waals surface area (Å²) in [5.74, 6) is 2.18. The van der Waals surface area contributed by atoms with Crippen molar-refractivity contribution in [3.05, 3.63) is 41.9 Å². The molecule has 1 aromatic heterocycles. The molecule has 2 unspecified atom stereocenters. The van der Waals surface area contributed by atoms with E-state index in [1.807, 2.05) is 24.1 Å². The van der Waals surface area contributed by atoms with Gasteiger partial charge in [0.05, 0.1) is 6.20 Å². The number of hydrogen-bond acceptors (Lipinski definition) is 3. The molecule has 2 atom stereocenters. The van der Waals surface area contributed by atoms with Crippen LogP contribution < -0.4 is 0 Å². The van der Waals surface area contributed by atoms with Crippen LogP contribution in [0.1, 0.15) is 50.5 Å². The summed E-state index contributed by atoms with van der Waals surface area (Å²) in [6.07, 6.45) is 7.62. The van der Waals surface area contributed by atoms with Gasteiger partial charge in [0.15, 0.2) is 11.7 Å². The standard InChI is InChI=1S/C21H28N2O2/c1-15-8-10-17(11-9-15)19-14-22-20(25-19)12-13-21(24)23(3)18-7-5-4-6-16(18)2/h8-11,14,16,18H,4-7,12-13H2,1-3H3. The van der Waals surface area contributed by atoms with E-state index in [-0.39, 0.29) is 5.91 Å². The highest BCUT2D eigenvalue weighted by Gasteiger charge is 2.27. The normalized spacial score (nSPS) is 20.4. The van der Waals surface area contributed by atoms with Gasteiger partial charge < -0.3 is 9.32 Å². The minimum Gasteiger partial charge on any atom is -0.441 e. The Labute approximate surface area is 150 Å². The van der Waals surface area contributed by atoms with Crippen molar-refractivity contribution in [1.82, 2.24) is 9.88 Å². The van der Waals surface area contributed by atoms with Gasteiger partial charge in [-0.2, -0.15) is 0 Å². The maximum absolute atomic E-state index is 12.5. The maximum atomic E-state index is 12.5. The largest absolute Gasteiger partial charge is 0.441 e. The lowest BCUT2D eigenvalue weighted by molar-refractivity contribution is -0.133. The lowest BCUT2D eigenvalue weighted by Crippen LogP contribution is -2.42. The highest BCUT2D eigenvalue weighted by Crippen LogP contribution is 2.28. The zero-order valence-corrected chi connectivity index (χ0v) is 15.5. The monoisotopic (exact) mass is 340 g/mol. The Balaban J connectivity index is 1.56. The molecule has 1 aliphatic rings. The molecule has 1 heterocycles. The summed E-state index contributed by atoms with van der Waals surface area (Å²) in [4.78, 5) is 18.8. The summed E-state index contributed by atoms with van der Waals surface area (Å²) in [5, 5.41) is 0. The molecule has 0 spiro atoms. The summed E-state index contributed by atoms with van der Waals surface area (Å²) in [7, 11) is 1.95. The van der Waals surface area contributed by atoms with Crippen molar-refractivity contribution >= 4 is 5.91 Å². The van der Waals surface area contributed by atoms with Crippen molar-refractivity contribution in [3.63, 3.8) is 0 Å². The molecule has 1 aromatic carbocycles. The second-order valence-electron chi connectivity index (χ2n) is 7.32. The van der Waals surface area contributed by atoms with Gasteiger partial charge in [0.1, 0.15) is 0 Å². The summed E-state index contributed by atoms with van der Waals surface area (Å²) in [5.41, 5.74) is 2.23. The number of nitrogens with zero attached hydrogens (tertiary/aromatic N) is 2. The number of hydrogen-bond donors (Lipinski definition) is 0. The Morgan fingerprint density at radius 3 is 2.68 bits per heavy atom. The summed E-state index contributed by atoms with van der Waals surface area (Å²) < 4.78 is 5.82. The first kappa shape index (κ1) is 17.7. The molecule has 0 saturated heterocycles. The molecule has 0 N–H and O–H groups in total. The summed E-state index contributed by atoms with van der Waals surface area (Å²) in [6, 6.07) is 8.56. The summed E-state index contributed by atoms with van der Waals surface area (Å²) >= 11 is 0. The number of aryl methyl sites for hydroxylation is 2. The highest BCUT2D eigenvalue weighted by atomic mass is 16.4. The molecule has 1 amide bonds. The fourth-order valence-corrected chi connectivity index (χ4v) is 3.72. The van der Waals surface area contributed by atoms with Crippen LogP contribution in [0.4, 0.5) is 0 Å². The first-order chi connectivity index (χ1) is 12.0. The fourth-order valence-electron chi connectivity index (χ4n) is 3.72. The van der Waals surface area contributed by atoms with Gasteiger partial charge >= 0.3 is 0 Å². The number of carbonyl (C=O) groups excluding carboxylic acids is 1. The van der Waals surface area contributed by atoms with E-state index in [9.17, 15) is 4.79 Å². The smallest absolute Gasteiger partial charge is 0.223 e. The quantitative estimate of drug-likeness (QED) is 0.798. The molecule has 2 aromatic rings. The van der Waals surface area contributed by atoms with Crippen molar-refractivity contribution in [3.8, 4) is 11.3 Å². The van der Waals surface area contributed by atoms with Crippen LogP contribution >= 0.6 is 0 Å². The topological polar surface area (TPSA) is 46.3 Å². The van der Waals surface area contributed by atoms with Gasteiger partial charge in [-0.15, -0.1) is 0 Å². The van der Waals surface area contributed by atoms with Gasteiger partial charge in [0, 0.05) is 31.5 Å². The first-order valence-corrected chi connectivity index (χ1v) is 9.32. The zero-order chi connectivity index (χ0) is 17.8. The van der Waals surface area contributed by atoms with Crippen molar-refractivity contribution in [2.24, 2.45) is 5.92 Å². The van der Waals surface area contributed by atoms with Crippen LogP contribution in [0.5, 0.6) is 0 Å². The Morgan fingerprint density at radius 2 is 1.96 bits per heavy atom. The first-order valence-electron chi connectivity index (χ1n) is 9.32. The third-order valence-electron chi connectivity index (χ3n) is 5.40. The highest BCUT2D eigenvalue weighted by molar-refractivity contribution is 5.76. The van der Waals surface area contributed by atoms with Gasteiger partial charge in [-0.25, -0.2) is 4.98 Å². The van der Waals surface area contributed by atoms with Crippen molar-refractivity contribution in [2.75, 3.05) is 7.05 Å². The number of rotatable bonds is 5. The van der Waals surface area contributed by atoms with Gasteiger partial charge in [-0.05, 0) is 25.7 Å². The summed E-state index contributed by atoms with van der Waals surface area (Å²) in [6.45, 7) is 4.32. The van der Waals surface area contributed by atoms with E-state index in [0.717, 1.165) is 17.7 Å². The number of aromatic nitrogens is 1. The SMILES string of the molecule is Cc1ccc(-c2cnc(CCC(=O)N(C)C3CCCCC3C)o2)cc1. The number of oxazole rings is 1. The Hall–Kier alpha value is -2.10. The van der Waals surface area contributed by atoms with Gasteiger partial charge in [-0.1, -0.05) is 49.6 Å². The van der Waals surface area contributed by atoms with Gasteiger partial charge in [0.25, 0.3) is 0 Å². The van der Waals surface area contributed by atoms with Gasteiger partial charge in [0.2, 0.25) is 5.91 Å². The number of amides is 1. The average Bonchev–Trinajstić information content (AvgIpc) is 3.09. The molecule has 0 radical (unpaired) electrons. The predicted molar refractivity (Wildman–Crippen MR) is 99.2 cm³/mol. The van der Waals surface area contributed by atoms with E-state index >= 15 is 0 Å². The van der Waals surface area contributed by atoms with Crippen molar-refractivity contribution < 1.29 is 9.21 Å². The number of carbonyl (C=O) groups is 1. The third kappa shape index (κ3) is 4.30. The molecular weight excluding hydrogens is 312 g/mol. The molecule has 25 heavy (non-hydrogen) atoms. The molecule has 0 aliphatic heterocycles. The maximum Gasteiger partial charge on any atom is 0.223 e. The fraction of sp³-hybridized carbons (Fsp3) is 0.524.